The molecule has 0 aliphatic heterocycles. The van der Waals surface area contributed by atoms with Crippen molar-refractivity contribution >= 4 is 12.1 Å². The number of esters is 1. The molecule has 0 aromatic heterocycles. The van der Waals surface area contributed by atoms with Crippen LogP contribution in [0.5, 0.6) is 5.75 Å². The molecule has 31 heavy (non-hydrogen) atoms. The monoisotopic (exact) mass is 431 g/mol. The van der Waals surface area contributed by atoms with Crippen molar-refractivity contribution in [2.45, 2.75) is 19.1 Å². The lowest BCUT2D eigenvalue weighted by Crippen LogP contribution is -2.43. The van der Waals surface area contributed by atoms with E-state index in [2.05, 4.69) is 5.32 Å². The molecule has 2 aromatic rings. The molecule has 0 radical (unpaired) electrons. The SMILES string of the molecule is COCCOCCOc1ccc(C[C@H](NC(=O)OCc2ccccc2)C(=O)OC)cc1. The summed E-state index contributed by atoms with van der Waals surface area (Å²) in [6.07, 6.45) is -0.430. The van der Waals surface area contributed by atoms with Crippen molar-refractivity contribution in [3.8, 4) is 5.75 Å². The van der Waals surface area contributed by atoms with Crippen molar-refractivity contribution in [2.75, 3.05) is 40.6 Å². The van der Waals surface area contributed by atoms with E-state index in [1.807, 2.05) is 42.5 Å². The van der Waals surface area contributed by atoms with Gasteiger partial charge in [-0.05, 0) is 23.3 Å². The second-order valence-electron chi connectivity index (χ2n) is 6.58. The topological polar surface area (TPSA) is 92.3 Å². The zero-order chi connectivity index (χ0) is 22.3. The van der Waals surface area contributed by atoms with Gasteiger partial charge in [0.1, 0.15) is 25.0 Å². The number of carbonyl (C=O) groups excluding carboxylic acids is 2. The number of hydrogen-bond acceptors (Lipinski definition) is 7. The van der Waals surface area contributed by atoms with E-state index in [0.29, 0.717) is 32.2 Å². The third kappa shape index (κ3) is 9.50. The number of methoxy groups -OCH3 is 2. The molecule has 1 N–H and O–H groups in total. The summed E-state index contributed by atoms with van der Waals surface area (Å²) >= 11 is 0. The van der Waals surface area contributed by atoms with Gasteiger partial charge in [0, 0.05) is 13.5 Å². The zero-order valence-corrected chi connectivity index (χ0v) is 17.9. The van der Waals surface area contributed by atoms with Crippen molar-refractivity contribution < 1.29 is 33.3 Å². The third-order valence-corrected chi connectivity index (χ3v) is 4.28. The maximum absolute atomic E-state index is 12.1. The lowest BCUT2D eigenvalue weighted by atomic mass is 10.1. The van der Waals surface area contributed by atoms with Gasteiger partial charge in [-0.25, -0.2) is 9.59 Å². The number of alkyl carbamates (subject to hydrolysis) is 1. The first-order valence-corrected chi connectivity index (χ1v) is 9.96. The summed E-state index contributed by atoms with van der Waals surface area (Å²) in [5, 5.41) is 2.57. The summed E-state index contributed by atoms with van der Waals surface area (Å²) in [5.41, 5.74) is 1.69. The van der Waals surface area contributed by atoms with Gasteiger partial charge in [-0.3, -0.25) is 0 Å². The number of amides is 1. The molecule has 0 fully saturated rings. The first kappa shape index (κ1) is 24.2. The summed E-state index contributed by atoms with van der Waals surface area (Å²) in [7, 11) is 2.90. The van der Waals surface area contributed by atoms with Gasteiger partial charge in [-0.15, -0.1) is 0 Å². The Bertz CT molecular complexity index is 780. The van der Waals surface area contributed by atoms with E-state index in [9.17, 15) is 9.59 Å². The molecule has 2 rings (SSSR count). The fourth-order valence-corrected chi connectivity index (χ4v) is 2.66. The molecule has 0 unspecified atom stereocenters. The maximum atomic E-state index is 12.1. The van der Waals surface area contributed by atoms with Crippen molar-refractivity contribution in [1.82, 2.24) is 5.32 Å². The van der Waals surface area contributed by atoms with Crippen molar-refractivity contribution in [3.63, 3.8) is 0 Å². The normalized spacial score (nSPS) is 11.4. The van der Waals surface area contributed by atoms with E-state index in [1.165, 1.54) is 7.11 Å². The smallest absolute Gasteiger partial charge is 0.408 e. The highest BCUT2D eigenvalue weighted by Crippen LogP contribution is 2.14. The Labute approximate surface area is 182 Å². The van der Waals surface area contributed by atoms with Crippen LogP contribution in [0.2, 0.25) is 0 Å². The lowest BCUT2D eigenvalue weighted by Gasteiger charge is -2.17. The van der Waals surface area contributed by atoms with E-state index < -0.39 is 18.1 Å². The average Bonchev–Trinajstić information content (AvgIpc) is 2.80. The van der Waals surface area contributed by atoms with Gasteiger partial charge in [0.2, 0.25) is 0 Å². The molecule has 0 spiro atoms. The van der Waals surface area contributed by atoms with E-state index in [1.54, 1.807) is 19.2 Å². The van der Waals surface area contributed by atoms with Crippen LogP contribution in [0.4, 0.5) is 4.79 Å². The Morgan fingerprint density at radius 2 is 1.58 bits per heavy atom. The molecule has 1 amide bonds. The van der Waals surface area contributed by atoms with Gasteiger partial charge in [0.15, 0.2) is 0 Å². The highest BCUT2D eigenvalue weighted by atomic mass is 16.6. The van der Waals surface area contributed by atoms with Crippen LogP contribution in [0.15, 0.2) is 54.6 Å². The van der Waals surface area contributed by atoms with Crippen LogP contribution in [0.3, 0.4) is 0 Å². The highest BCUT2D eigenvalue weighted by Gasteiger charge is 2.22. The standard InChI is InChI=1S/C23H29NO7/c1-27-12-13-29-14-15-30-20-10-8-18(9-11-20)16-21(22(25)28-2)24-23(26)31-17-19-6-4-3-5-7-19/h3-11,21H,12-17H2,1-2H3,(H,24,26)/t21-/m0/s1. The Hall–Kier alpha value is -3.10. The second kappa shape index (κ2) is 14.0. The van der Waals surface area contributed by atoms with E-state index in [4.69, 9.17) is 23.7 Å². The van der Waals surface area contributed by atoms with E-state index >= 15 is 0 Å². The second-order valence-corrected chi connectivity index (χ2v) is 6.58. The molecule has 168 valence electrons. The largest absolute Gasteiger partial charge is 0.491 e. The van der Waals surface area contributed by atoms with Crippen molar-refractivity contribution in [1.29, 1.82) is 0 Å². The minimum atomic E-state index is -0.866. The predicted molar refractivity (Wildman–Crippen MR) is 114 cm³/mol. The molecule has 0 heterocycles. The highest BCUT2D eigenvalue weighted by molar-refractivity contribution is 5.81. The number of carbonyl (C=O) groups is 2. The van der Waals surface area contributed by atoms with Gasteiger partial charge < -0.3 is 29.0 Å². The number of nitrogens with one attached hydrogen (secondary N) is 1. The van der Waals surface area contributed by atoms with Crippen LogP contribution in [-0.2, 0) is 36.8 Å². The van der Waals surface area contributed by atoms with Crippen molar-refractivity contribution in [2.24, 2.45) is 0 Å². The summed E-state index contributed by atoms with van der Waals surface area (Å²) in [6, 6.07) is 15.7. The summed E-state index contributed by atoms with van der Waals surface area (Å²) in [6.45, 7) is 2.06. The molecule has 0 aliphatic carbocycles. The first-order chi connectivity index (χ1) is 15.1. The number of benzene rings is 2. The molecule has 0 aliphatic rings. The van der Waals surface area contributed by atoms with Crippen LogP contribution < -0.4 is 10.1 Å². The Morgan fingerprint density at radius 3 is 2.26 bits per heavy atom. The Morgan fingerprint density at radius 1 is 0.871 bits per heavy atom. The Balaban J connectivity index is 1.81. The van der Waals surface area contributed by atoms with Crippen molar-refractivity contribution in [3.05, 3.63) is 65.7 Å². The minimum Gasteiger partial charge on any atom is -0.491 e. The maximum Gasteiger partial charge on any atom is 0.408 e. The van der Waals surface area contributed by atoms with Gasteiger partial charge in [0.05, 0.1) is 26.9 Å². The van der Waals surface area contributed by atoms with Gasteiger partial charge >= 0.3 is 12.1 Å². The minimum absolute atomic E-state index is 0.113. The summed E-state index contributed by atoms with van der Waals surface area (Å²) in [5.74, 6) is 0.133. The molecule has 0 bridgehead atoms. The summed E-state index contributed by atoms with van der Waals surface area (Å²) in [4.78, 5) is 24.2. The summed E-state index contributed by atoms with van der Waals surface area (Å²) < 4.78 is 25.9. The van der Waals surface area contributed by atoms with Crippen LogP contribution in [-0.4, -0.2) is 58.8 Å². The third-order valence-electron chi connectivity index (χ3n) is 4.28. The molecule has 0 saturated heterocycles. The van der Waals surface area contributed by atoms with E-state index in [0.717, 1.165) is 11.1 Å². The fraction of sp³-hybridized carbons (Fsp3) is 0.391. The fourth-order valence-electron chi connectivity index (χ4n) is 2.66. The van der Waals surface area contributed by atoms with Gasteiger partial charge in [-0.2, -0.15) is 0 Å². The molecule has 0 saturated carbocycles. The number of rotatable bonds is 13. The first-order valence-electron chi connectivity index (χ1n) is 9.96. The lowest BCUT2D eigenvalue weighted by molar-refractivity contribution is -0.143. The van der Waals surface area contributed by atoms with Gasteiger partial charge in [0.25, 0.3) is 0 Å². The Kier molecular flexibility index (Phi) is 10.9. The quantitative estimate of drug-likeness (QED) is 0.385. The zero-order valence-electron chi connectivity index (χ0n) is 17.9. The van der Waals surface area contributed by atoms with Gasteiger partial charge in [-0.1, -0.05) is 42.5 Å². The van der Waals surface area contributed by atoms with Crippen LogP contribution in [0, 0.1) is 0 Å². The predicted octanol–water partition coefficient (Wildman–Crippen LogP) is 2.74. The molecular formula is C23H29NO7. The molecule has 1 atom stereocenters. The molecule has 2 aromatic carbocycles. The number of hydrogen-bond donors (Lipinski definition) is 1. The molecule has 8 nitrogen and oxygen atoms in total. The van der Waals surface area contributed by atoms with E-state index in [-0.39, 0.29) is 13.0 Å². The molecular weight excluding hydrogens is 402 g/mol. The van der Waals surface area contributed by atoms with Crippen LogP contribution >= 0.6 is 0 Å². The average molecular weight is 431 g/mol. The number of ether oxygens (including phenoxy) is 5. The molecule has 8 heteroatoms. The van der Waals surface area contributed by atoms with Crippen LogP contribution in [0.1, 0.15) is 11.1 Å². The van der Waals surface area contributed by atoms with Crippen LogP contribution in [0.25, 0.3) is 0 Å².